The van der Waals surface area contributed by atoms with E-state index in [0.29, 0.717) is 27.3 Å². The van der Waals surface area contributed by atoms with Gasteiger partial charge in [0.2, 0.25) is 0 Å². The van der Waals surface area contributed by atoms with Crippen LogP contribution in [0.3, 0.4) is 0 Å². The Labute approximate surface area is 160 Å². The number of nitrogens with one attached hydrogen (secondary N) is 2. The number of anilines is 3. The third kappa shape index (κ3) is 4.41. The summed E-state index contributed by atoms with van der Waals surface area (Å²) in [5, 5.41) is 6.80. The first-order valence-corrected chi connectivity index (χ1v) is 8.30. The maximum absolute atomic E-state index is 12.4. The average Bonchev–Trinajstić information content (AvgIpc) is 2.62. The molecule has 0 aliphatic heterocycles. The number of amides is 1. The van der Waals surface area contributed by atoms with E-state index in [9.17, 15) is 4.79 Å². The van der Waals surface area contributed by atoms with Crippen LogP contribution in [0.5, 0.6) is 5.75 Å². The van der Waals surface area contributed by atoms with Crippen LogP contribution in [0.2, 0.25) is 10.0 Å². The molecule has 26 heavy (non-hydrogen) atoms. The summed E-state index contributed by atoms with van der Waals surface area (Å²) in [6, 6.07) is 13.7. The molecule has 1 heterocycles. The molecule has 2 aromatic carbocycles. The second-order valence-corrected chi connectivity index (χ2v) is 6.07. The smallest absolute Gasteiger partial charge is 0.274 e. The highest BCUT2D eigenvalue weighted by atomic mass is 35.5. The molecule has 0 fully saturated rings. The van der Waals surface area contributed by atoms with Crippen LogP contribution in [-0.4, -0.2) is 23.0 Å². The van der Waals surface area contributed by atoms with Crippen LogP contribution in [0.15, 0.2) is 54.9 Å². The van der Waals surface area contributed by atoms with Crippen LogP contribution >= 0.6 is 23.2 Å². The number of benzene rings is 2. The van der Waals surface area contributed by atoms with E-state index in [1.165, 1.54) is 13.4 Å². The van der Waals surface area contributed by atoms with Crippen molar-refractivity contribution in [1.82, 2.24) is 9.97 Å². The summed E-state index contributed by atoms with van der Waals surface area (Å²) in [5.41, 5.74) is 1.49. The van der Waals surface area contributed by atoms with Gasteiger partial charge in [0.05, 0.1) is 12.1 Å². The summed E-state index contributed by atoms with van der Waals surface area (Å²) in [4.78, 5) is 20.5. The standard InChI is InChI=1S/C18H14Cl2N4O2/c1-26-16-6-5-13(8-14(16)20)24-18(25)15-9-17(22-10-21-15)23-12-4-2-3-11(19)7-12/h2-10H,1H3,(H,24,25)(H,21,22,23). The summed E-state index contributed by atoms with van der Waals surface area (Å²) >= 11 is 12.0. The minimum absolute atomic E-state index is 0.205. The van der Waals surface area contributed by atoms with Crippen LogP contribution in [0, 0.1) is 0 Å². The molecule has 8 heteroatoms. The predicted octanol–water partition coefficient (Wildman–Crippen LogP) is 4.79. The lowest BCUT2D eigenvalue weighted by molar-refractivity contribution is 0.102. The van der Waals surface area contributed by atoms with E-state index in [2.05, 4.69) is 20.6 Å². The highest BCUT2D eigenvalue weighted by Gasteiger charge is 2.11. The van der Waals surface area contributed by atoms with Crippen molar-refractivity contribution in [3.05, 3.63) is 70.6 Å². The Kier molecular flexibility index (Phi) is 5.55. The van der Waals surface area contributed by atoms with Crippen molar-refractivity contribution < 1.29 is 9.53 Å². The van der Waals surface area contributed by atoms with Crippen LogP contribution in [0.25, 0.3) is 0 Å². The lowest BCUT2D eigenvalue weighted by Gasteiger charge is -2.09. The van der Waals surface area contributed by atoms with E-state index in [1.807, 2.05) is 12.1 Å². The Morgan fingerprint density at radius 2 is 1.88 bits per heavy atom. The number of halogens is 2. The summed E-state index contributed by atoms with van der Waals surface area (Å²) in [5.74, 6) is 0.614. The molecule has 1 aromatic heterocycles. The van der Waals surface area contributed by atoms with E-state index in [0.717, 1.165) is 5.69 Å². The Morgan fingerprint density at radius 3 is 2.62 bits per heavy atom. The maximum atomic E-state index is 12.4. The van der Waals surface area contributed by atoms with Gasteiger partial charge in [0, 0.05) is 22.5 Å². The van der Waals surface area contributed by atoms with E-state index >= 15 is 0 Å². The fourth-order valence-electron chi connectivity index (χ4n) is 2.20. The number of ether oxygens (including phenoxy) is 1. The first-order valence-electron chi connectivity index (χ1n) is 7.54. The fraction of sp³-hybridized carbons (Fsp3) is 0.0556. The first kappa shape index (κ1) is 18.0. The van der Waals surface area contributed by atoms with Crippen molar-refractivity contribution in [2.75, 3.05) is 17.7 Å². The van der Waals surface area contributed by atoms with Gasteiger partial charge in [0.25, 0.3) is 5.91 Å². The lowest BCUT2D eigenvalue weighted by atomic mass is 10.2. The summed E-state index contributed by atoms with van der Waals surface area (Å²) in [6.45, 7) is 0. The van der Waals surface area contributed by atoms with Gasteiger partial charge in [-0.05, 0) is 36.4 Å². The molecule has 3 rings (SSSR count). The monoisotopic (exact) mass is 388 g/mol. The van der Waals surface area contributed by atoms with E-state index < -0.39 is 0 Å². The highest BCUT2D eigenvalue weighted by molar-refractivity contribution is 6.32. The van der Waals surface area contributed by atoms with Crippen molar-refractivity contribution in [1.29, 1.82) is 0 Å². The number of nitrogens with zero attached hydrogens (tertiary/aromatic N) is 2. The number of hydrogen-bond acceptors (Lipinski definition) is 5. The van der Waals surface area contributed by atoms with E-state index in [4.69, 9.17) is 27.9 Å². The Bertz CT molecular complexity index is 950. The molecule has 1 amide bonds. The van der Waals surface area contributed by atoms with Gasteiger partial charge in [-0.3, -0.25) is 4.79 Å². The van der Waals surface area contributed by atoms with Crippen molar-refractivity contribution in [2.24, 2.45) is 0 Å². The van der Waals surface area contributed by atoms with Gasteiger partial charge >= 0.3 is 0 Å². The van der Waals surface area contributed by atoms with Crippen molar-refractivity contribution in [3.63, 3.8) is 0 Å². The fourth-order valence-corrected chi connectivity index (χ4v) is 2.65. The number of carbonyl (C=O) groups excluding carboxylic acids is 1. The molecule has 0 bridgehead atoms. The van der Waals surface area contributed by atoms with Gasteiger partial charge in [-0.2, -0.15) is 0 Å². The Morgan fingerprint density at radius 1 is 1.04 bits per heavy atom. The van der Waals surface area contributed by atoms with Crippen molar-refractivity contribution in [3.8, 4) is 5.75 Å². The maximum Gasteiger partial charge on any atom is 0.274 e. The quantitative estimate of drug-likeness (QED) is 0.656. The Balaban J connectivity index is 1.74. The second kappa shape index (κ2) is 8.03. The summed E-state index contributed by atoms with van der Waals surface area (Å²) in [7, 11) is 1.52. The molecule has 0 unspecified atom stereocenters. The Hall–Kier alpha value is -2.83. The normalized spacial score (nSPS) is 10.3. The number of rotatable bonds is 5. The molecule has 0 spiro atoms. The number of methoxy groups -OCH3 is 1. The minimum Gasteiger partial charge on any atom is -0.495 e. The van der Waals surface area contributed by atoms with Crippen LogP contribution < -0.4 is 15.4 Å². The molecule has 3 aromatic rings. The number of aromatic nitrogens is 2. The molecule has 6 nitrogen and oxygen atoms in total. The zero-order valence-corrected chi connectivity index (χ0v) is 15.2. The van der Waals surface area contributed by atoms with Gasteiger partial charge in [-0.25, -0.2) is 9.97 Å². The topological polar surface area (TPSA) is 76.1 Å². The van der Waals surface area contributed by atoms with Crippen molar-refractivity contribution >= 4 is 46.3 Å². The predicted molar refractivity (Wildman–Crippen MR) is 103 cm³/mol. The lowest BCUT2D eigenvalue weighted by Crippen LogP contribution is -2.14. The molecular formula is C18H14Cl2N4O2. The van der Waals surface area contributed by atoms with Gasteiger partial charge in [0.1, 0.15) is 23.6 Å². The zero-order chi connectivity index (χ0) is 18.5. The van der Waals surface area contributed by atoms with Crippen LogP contribution in [-0.2, 0) is 0 Å². The van der Waals surface area contributed by atoms with E-state index in [1.54, 1.807) is 36.4 Å². The molecule has 0 saturated carbocycles. The zero-order valence-electron chi connectivity index (χ0n) is 13.7. The van der Waals surface area contributed by atoms with Crippen LogP contribution in [0.1, 0.15) is 10.5 Å². The largest absolute Gasteiger partial charge is 0.495 e. The molecule has 132 valence electrons. The average molecular weight is 389 g/mol. The molecule has 2 N–H and O–H groups in total. The summed E-state index contributed by atoms with van der Waals surface area (Å²) < 4.78 is 5.09. The number of carbonyl (C=O) groups is 1. The molecular weight excluding hydrogens is 375 g/mol. The van der Waals surface area contributed by atoms with E-state index in [-0.39, 0.29) is 11.6 Å². The van der Waals surface area contributed by atoms with Crippen molar-refractivity contribution in [2.45, 2.75) is 0 Å². The molecule has 0 aliphatic rings. The summed E-state index contributed by atoms with van der Waals surface area (Å²) in [6.07, 6.45) is 1.31. The third-order valence-corrected chi connectivity index (χ3v) is 3.94. The van der Waals surface area contributed by atoms with Gasteiger partial charge in [-0.15, -0.1) is 0 Å². The second-order valence-electron chi connectivity index (χ2n) is 5.23. The third-order valence-electron chi connectivity index (χ3n) is 3.41. The number of hydrogen-bond donors (Lipinski definition) is 2. The van der Waals surface area contributed by atoms with Crippen LogP contribution in [0.4, 0.5) is 17.2 Å². The van der Waals surface area contributed by atoms with Gasteiger partial charge in [0.15, 0.2) is 0 Å². The SMILES string of the molecule is COc1ccc(NC(=O)c2cc(Nc3cccc(Cl)c3)ncn2)cc1Cl. The molecule has 0 saturated heterocycles. The van der Waals surface area contributed by atoms with Gasteiger partial charge < -0.3 is 15.4 Å². The molecule has 0 radical (unpaired) electrons. The highest BCUT2D eigenvalue weighted by Crippen LogP contribution is 2.27. The molecule has 0 aliphatic carbocycles. The molecule has 0 atom stereocenters. The minimum atomic E-state index is -0.386. The van der Waals surface area contributed by atoms with Gasteiger partial charge in [-0.1, -0.05) is 29.3 Å². The first-order chi connectivity index (χ1) is 12.5.